The first-order valence-corrected chi connectivity index (χ1v) is 18.3. The van der Waals surface area contributed by atoms with Gasteiger partial charge in [0.25, 0.3) is 0 Å². The highest BCUT2D eigenvalue weighted by atomic mass is 15.1. The van der Waals surface area contributed by atoms with Crippen LogP contribution in [0, 0.1) is 13.8 Å². The molecule has 0 unspecified atom stereocenters. The number of benzene rings is 6. The lowest BCUT2D eigenvalue weighted by Gasteiger charge is -2.32. The average Bonchev–Trinajstić information content (AvgIpc) is 3.53. The van der Waals surface area contributed by atoms with Crippen molar-refractivity contribution in [3.05, 3.63) is 185 Å². The zero-order chi connectivity index (χ0) is 35.8. The first-order valence-electron chi connectivity index (χ1n) is 18.3. The minimum atomic E-state index is -0.265. The van der Waals surface area contributed by atoms with Gasteiger partial charge in [0, 0.05) is 62.3 Å². The summed E-state index contributed by atoms with van der Waals surface area (Å²) in [5, 5.41) is 0. The lowest BCUT2D eigenvalue weighted by Crippen LogP contribution is -2.25. The van der Waals surface area contributed by atoms with Crippen molar-refractivity contribution >= 4 is 34.1 Å². The fourth-order valence-electron chi connectivity index (χ4n) is 9.07. The molecule has 2 aliphatic rings. The second-order valence-electron chi connectivity index (χ2n) is 15.4. The summed E-state index contributed by atoms with van der Waals surface area (Å²) in [6.45, 7) is 14.2. The SMILES string of the molecule is Cc1cc(N(c2ccccc2)c2ccccc2)cc2c1-c1cnc3c(c1C2(C)C)C(C)(C)c1cc(N(c2ccccc2)c2ccccc2)cc(C)c1-3. The van der Waals surface area contributed by atoms with Crippen LogP contribution < -0.4 is 9.80 Å². The fraction of sp³-hybridized carbons (Fsp3) is 0.163. The quantitative estimate of drug-likeness (QED) is 0.175. The molecule has 52 heavy (non-hydrogen) atoms. The van der Waals surface area contributed by atoms with Crippen LogP contribution >= 0.6 is 0 Å². The van der Waals surface area contributed by atoms with Gasteiger partial charge in [0.05, 0.1) is 5.69 Å². The third-order valence-corrected chi connectivity index (χ3v) is 11.4. The second kappa shape index (κ2) is 11.8. The van der Waals surface area contributed by atoms with Gasteiger partial charge in [0.15, 0.2) is 0 Å². The summed E-state index contributed by atoms with van der Waals surface area (Å²) in [6, 6.07) is 52.4. The Hall–Kier alpha value is -5.93. The minimum absolute atomic E-state index is 0.242. The van der Waals surface area contributed by atoms with Crippen LogP contribution in [0.2, 0.25) is 0 Å². The number of nitrogens with zero attached hydrogens (tertiary/aromatic N) is 3. The molecule has 1 heterocycles. The van der Waals surface area contributed by atoms with Gasteiger partial charge in [-0.1, -0.05) is 100 Å². The van der Waals surface area contributed by atoms with E-state index in [1.54, 1.807) is 0 Å². The molecule has 0 N–H and O–H groups in total. The summed E-state index contributed by atoms with van der Waals surface area (Å²) < 4.78 is 0. The Balaban J connectivity index is 1.21. The van der Waals surface area contributed by atoms with E-state index in [0.29, 0.717) is 0 Å². The van der Waals surface area contributed by atoms with Crippen LogP contribution in [-0.2, 0) is 10.8 Å². The van der Waals surface area contributed by atoms with E-state index < -0.39 is 0 Å². The van der Waals surface area contributed by atoms with Gasteiger partial charge < -0.3 is 9.80 Å². The number of rotatable bonds is 6. The van der Waals surface area contributed by atoms with E-state index in [1.807, 2.05) is 0 Å². The summed E-state index contributed by atoms with van der Waals surface area (Å²) in [7, 11) is 0. The largest absolute Gasteiger partial charge is 0.310 e. The number of aromatic nitrogens is 1. The standard InChI is InChI=1S/C49H43N3/c1-32-27-38(51(34-19-11-7-12-20-34)35-21-13-8-14-22-35)29-41-43(32)40-31-50-47-44-33(2)28-39(30-42(44)49(5,6)46(47)45(40)48(41,3)4)52(36-23-15-9-16-24-36)37-25-17-10-18-26-37/h7-31H,1-6H3. The molecule has 0 spiro atoms. The van der Waals surface area contributed by atoms with E-state index in [1.165, 1.54) is 55.8 Å². The molecule has 9 rings (SSSR count). The number of hydrogen-bond donors (Lipinski definition) is 0. The van der Waals surface area contributed by atoms with E-state index in [0.717, 1.165) is 34.1 Å². The number of aryl methyl sites for hydroxylation is 2. The topological polar surface area (TPSA) is 19.4 Å². The third kappa shape index (κ3) is 4.76. The summed E-state index contributed by atoms with van der Waals surface area (Å²) in [5.74, 6) is 0. The molecule has 0 radical (unpaired) electrons. The highest BCUT2D eigenvalue weighted by Crippen LogP contribution is 2.60. The van der Waals surface area contributed by atoms with E-state index in [4.69, 9.17) is 4.98 Å². The van der Waals surface area contributed by atoms with Gasteiger partial charge in [0.1, 0.15) is 0 Å². The van der Waals surface area contributed by atoms with Crippen LogP contribution in [0.4, 0.5) is 34.1 Å². The number of pyridine rings is 1. The molecule has 0 saturated heterocycles. The second-order valence-corrected chi connectivity index (χ2v) is 15.4. The van der Waals surface area contributed by atoms with Gasteiger partial charge in [-0.25, -0.2) is 0 Å². The zero-order valence-electron chi connectivity index (χ0n) is 30.8. The Morgan fingerprint density at radius 3 is 1.21 bits per heavy atom. The monoisotopic (exact) mass is 673 g/mol. The summed E-state index contributed by atoms with van der Waals surface area (Å²) >= 11 is 0. The highest BCUT2D eigenvalue weighted by Gasteiger charge is 2.48. The number of fused-ring (bicyclic) bond motifs is 7. The number of hydrogen-bond acceptors (Lipinski definition) is 3. The Morgan fingerprint density at radius 2 is 0.788 bits per heavy atom. The first-order chi connectivity index (χ1) is 25.2. The molecular weight excluding hydrogens is 631 g/mol. The van der Waals surface area contributed by atoms with Gasteiger partial charge in [0.2, 0.25) is 0 Å². The van der Waals surface area contributed by atoms with E-state index in [9.17, 15) is 0 Å². The van der Waals surface area contributed by atoms with E-state index >= 15 is 0 Å². The van der Waals surface area contributed by atoms with Crippen LogP contribution in [-0.4, -0.2) is 4.98 Å². The van der Waals surface area contributed by atoms with Crippen LogP contribution in [0.1, 0.15) is 61.1 Å². The maximum atomic E-state index is 5.35. The minimum Gasteiger partial charge on any atom is -0.310 e. The summed E-state index contributed by atoms with van der Waals surface area (Å²) in [6.07, 6.45) is 2.17. The molecule has 0 fully saturated rings. The highest BCUT2D eigenvalue weighted by molar-refractivity contribution is 5.94. The molecule has 0 saturated carbocycles. The molecular formula is C49H43N3. The predicted octanol–water partition coefficient (Wildman–Crippen LogP) is 13.3. The zero-order valence-corrected chi connectivity index (χ0v) is 30.8. The molecule has 254 valence electrons. The van der Waals surface area contributed by atoms with E-state index in [2.05, 4.69) is 203 Å². The molecule has 0 amide bonds. The first kappa shape index (κ1) is 32.0. The van der Waals surface area contributed by atoms with Crippen LogP contribution in [0.5, 0.6) is 0 Å². The van der Waals surface area contributed by atoms with Gasteiger partial charge in [-0.15, -0.1) is 0 Å². The van der Waals surface area contributed by atoms with Crippen molar-refractivity contribution in [3.8, 4) is 22.4 Å². The molecule has 3 heteroatoms. The van der Waals surface area contributed by atoms with Gasteiger partial charge in [-0.2, -0.15) is 0 Å². The normalized spacial score (nSPS) is 14.3. The number of anilines is 6. The molecule has 2 aliphatic carbocycles. The van der Waals surface area contributed by atoms with Crippen molar-refractivity contribution < 1.29 is 0 Å². The van der Waals surface area contributed by atoms with Crippen LogP contribution in [0.3, 0.4) is 0 Å². The van der Waals surface area contributed by atoms with Crippen molar-refractivity contribution in [1.29, 1.82) is 0 Å². The summed E-state index contributed by atoms with van der Waals surface area (Å²) in [5.41, 5.74) is 19.4. The third-order valence-electron chi connectivity index (χ3n) is 11.4. The maximum Gasteiger partial charge on any atom is 0.0752 e. The van der Waals surface area contributed by atoms with Crippen molar-refractivity contribution in [2.24, 2.45) is 0 Å². The van der Waals surface area contributed by atoms with Gasteiger partial charge in [-0.3, -0.25) is 4.98 Å². The smallest absolute Gasteiger partial charge is 0.0752 e. The lowest BCUT2D eigenvalue weighted by atomic mass is 9.73. The molecule has 0 bridgehead atoms. The summed E-state index contributed by atoms with van der Waals surface area (Å²) in [4.78, 5) is 10.1. The Morgan fingerprint density at radius 1 is 0.423 bits per heavy atom. The van der Waals surface area contributed by atoms with Gasteiger partial charge in [-0.05, 0) is 126 Å². The molecule has 0 atom stereocenters. The maximum absolute atomic E-state index is 5.35. The van der Waals surface area contributed by atoms with Crippen molar-refractivity contribution in [2.45, 2.75) is 52.4 Å². The fourth-order valence-corrected chi connectivity index (χ4v) is 9.07. The lowest BCUT2D eigenvalue weighted by molar-refractivity contribution is 0.599. The van der Waals surface area contributed by atoms with Crippen molar-refractivity contribution in [3.63, 3.8) is 0 Å². The van der Waals surface area contributed by atoms with Gasteiger partial charge >= 0.3 is 0 Å². The predicted molar refractivity (Wildman–Crippen MR) is 218 cm³/mol. The molecule has 3 nitrogen and oxygen atoms in total. The van der Waals surface area contributed by atoms with Crippen molar-refractivity contribution in [1.82, 2.24) is 4.98 Å². The molecule has 1 aromatic heterocycles. The average molecular weight is 674 g/mol. The van der Waals surface area contributed by atoms with E-state index in [-0.39, 0.29) is 10.8 Å². The Labute approximate surface area is 307 Å². The Kier molecular flexibility index (Phi) is 7.27. The molecule has 6 aromatic carbocycles. The van der Waals surface area contributed by atoms with Crippen LogP contribution in [0.25, 0.3) is 22.4 Å². The van der Waals surface area contributed by atoms with Crippen molar-refractivity contribution in [2.75, 3.05) is 9.80 Å². The Bertz CT molecular complexity index is 2210. The molecule has 7 aromatic rings. The number of para-hydroxylation sites is 4. The van der Waals surface area contributed by atoms with Crippen LogP contribution in [0.15, 0.2) is 152 Å². The molecule has 0 aliphatic heterocycles.